The van der Waals surface area contributed by atoms with E-state index in [9.17, 15) is 0 Å². The number of rotatable bonds is 10. The molecule has 2 heterocycles. The van der Waals surface area contributed by atoms with E-state index >= 15 is 0 Å². The molecule has 2 aromatic rings. The topological polar surface area (TPSA) is 28.2 Å². The van der Waals surface area contributed by atoms with Gasteiger partial charge in [-0.25, -0.2) is 0 Å². The van der Waals surface area contributed by atoms with Crippen LogP contribution in [0.15, 0.2) is 60.8 Å². The number of pyridine rings is 1. The molecule has 0 radical (unpaired) electrons. The molecule has 3 heteroatoms. The van der Waals surface area contributed by atoms with Crippen LogP contribution in [-0.4, -0.2) is 36.1 Å². The van der Waals surface area contributed by atoms with Crippen molar-refractivity contribution in [3.05, 3.63) is 83.3 Å². The zero-order valence-electron chi connectivity index (χ0n) is 18.0. The van der Waals surface area contributed by atoms with Crippen molar-refractivity contribution >= 4 is 5.57 Å². The second kappa shape index (κ2) is 11.6. The molecule has 1 aliphatic heterocycles. The third-order valence-corrected chi connectivity index (χ3v) is 5.43. The summed E-state index contributed by atoms with van der Waals surface area (Å²) in [4.78, 5) is 7.52. The Labute approximate surface area is 176 Å². The SMILES string of the molecule is CCCCNC=CCc1cccc(C(=CCN2CCCC2)c2ccc(C)cc2)n1. The van der Waals surface area contributed by atoms with Crippen molar-refractivity contribution in [3.8, 4) is 0 Å². The quantitative estimate of drug-likeness (QED) is 0.554. The molecule has 0 unspecified atom stereocenters. The fourth-order valence-corrected chi connectivity index (χ4v) is 3.66. The summed E-state index contributed by atoms with van der Waals surface area (Å²) in [5.74, 6) is 0. The van der Waals surface area contributed by atoms with Gasteiger partial charge in [-0.3, -0.25) is 9.88 Å². The van der Waals surface area contributed by atoms with Crippen LogP contribution < -0.4 is 5.32 Å². The van der Waals surface area contributed by atoms with Gasteiger partial charge in [0.15, 0.2) is 0 Å². The molecule has 0 atom stereocenters. The van der Waals surface area contributed by atoms with Crippen LogP contribution in [0.5, 0.6) is 0 Å². The fourth-order valence-electron chi connectivity index (χ4n) is 3.66. The first-order valence-corrected chi connectivity index (χ1v) is 11.1. The lowest BCUT2D eigenvalue weighted by Gasteiger charge is -2.14. The molecule has 1 aliphatic rings. The van der Waals surface area contributed by atoms with Gasteiger partial charge in [-0.15, -0.1) is 0 Å². The van der Waals surface area contributed by atoms with E-state index in [0.29, 0.717) is 0 Å². The van der Waals surface area contributed by atoms with Crippen LogP contribution in [0, 0.1) is 6.92 Å². The molecule has 1 N–H and O–H groups in total. The van der Waals surface area contributed by atoms with E-state index in [0.717, 1.165) is 30.9 Å². The molecular formula is C26H35N3. The van der Waals surface area contributed by atoms with Crippen LogP contribution in [0.4, 0.5) is 0 Å². The molecule has 3 rings (SSSR count). The molecule has 1 fully saturated rings. The van der Waals surface area contributed by atoms with Crippen molar-refractivity contribution in [2.75, 3.05) is 26.2 Å². The van der Waals surface area contributed by atoms with Gasteiger partial charge in [-0.1, -0.05) is 61.4 Å². The normalized spacial score (nSPS) is 15.3. The zero-order chi connectivity index (χ0) is 20.3. The van der Waals surface area contributed by atoms with Crippen molar-refractivity contribution in [2.24, 2.45) is 0 Å². The van der Waals surface area contributed by atoms with Crippen molar-refractivity contribution in [1.82, 2.24) is 15.2 Å². The number of aromatic nitrogens is 1. The Morgan fingerprint density at radius 3 is 2.66 bits per heavy atom. The van der Waals surface area contributed by atoms with E-state index in [4.69, 9.17) is 4.98 Å². The monoisotopic (exact) mass is 389 g/mol. The summed E-state index contributed by atoms with van der Waals surface area (Å²) >= 11 is 0. The Bertz CT molecular complexity index is 799. The molecular weight excluding hydrogens is 354 g/mol. The minimum atomic E-state index is 0.847. The van der Waals surface area contributed by atoms with E-state index in [-0.39, 0.29) is 0 Å². The van der Waals surface area contributed by atoms with E-state index in [1.165, 1.54) is 55.5 Å². The lowest BCUT2D eigenvalue weighted by molar-refractivity contribution is 0.377. The minimum Gasteiger partial charge on any atom is -0.391 e. The van der Waals surface area contributed by atoms with Gasteiger partial charge in [0.2, 0.25) is 0 Å². The van der Waals surface area contributed by atoms with Gasteiger partial charge in [0.05, 0.1) is 5.69 Å². The minimum absolute atomic E-state index is 0.847. The van der Waals surface area contributed by atoms with Crippen molar-refractivity contribution < 1.29 is 0 Å². The van der Waals surface area contributed by atoms with Gasteiger partial charge in [-0.05, 0) is 63.2 Å². The van der Waals surface area contributed by atoms with Gasteiger partial charge < -0.3 is 5.32 Å². The first-order chi connectivity index (χ1) is 14.3. The standard InChI is InChI=1S/C26H35N3/c1-3-4-17-27-18-8-10-24-9-7-11-26(28-24)25(16-21-29-19-5-6-20-29)23-14-12-22(2)13-15-23/h7-9,11-16,18,27H,3-6,10,17,19-21H2,1-2H3. The molecule has 154 valence electrons. The molecule has 0 saturated carbocycles. The first-order valence-electron chi connectivity index (χ1n) is 11.1. The smallest absolute Gasteiger partial charge is 0.0708 e. The number of likely N-dealkylation sites (tertiary alicyclic amines) is 1. The highest BCUT2D eigenvalue weighted by molar-refractivity contribution is 5.78. The maximum atomic E-state index is 4.99. The highest BCUT2D eigenvalue weighted by Crippen LogP contribution is 2.23. The van der Waals surface area contributed by atoms with Gasteiger partial charge in [0.1, 0.15) is 0 Å². The van der Waals surface area contributed by atoms with Crippen LogP contribution in [0.3, 0.4) is 0 Å². The third-order valence-electron chi connectivity index (χ3n) is 5.43. The molecule has 0 spiro atoms. The Balaban J connectivity index is 1.76. The summed E-state index contributed by atoms with van der Waals surface area (Å²) in [6.45, 7) is 8.80. The Morgan fingerprint density at radius 2 is 1.90 bits per heavy atom. The molecule has 3 nitrogen and oxygen atoms in total. The summed E-state index contributed by atoms with van der Waals surface area (Å²) < 4.78 is 0. The van der Waals surface area contributed by atoms with Crippen molar-refractivity contribution in [2.45, 2.75) is 46.0 Å². The molecule has 0 amide bonds. The lowest BCUT2D eigenvalue weighted by atomic mass is 10.00. The molecule has 1 aromatic heterocycles. The van der Waals surface area contributed by atoms with E-state index in [2.05, 4.69) is 84.9 Å². The molecule has 0 bridgehead atoms. The lowest BCUT2D eigenvalue weighted by Crippen LogP contribution is -2.19. The van der Waals surface area contributed by atoms with Crippen LogP contribution in [0.2, 0.25) is 0 Å². The maximum Gasteiger partial charge on any atom is 0.0708 e. The van der Waals surface area contributed by atoms with Crippen LogP contribution in [-0.2, 0) is 6.42 Å². The number of unbranched alkanes of at least 4 members (excludes halogenated alkanes) is 1. The Morgan fingerprint density at radius 1 is 1.10 bits per heavy atom. The number of hydrogen-bond donors (Lipinski definition) is 1. The van der Waals surface area contributed by atoms with E-state index in [1.54, 1.807) is 0 Å². The van der Waals surface area contributed by atoms with Crippen LogP contribution >= 0.6 is 0 Å². The number of benzene rings is 1. The third kappa shape index (κ3) is 6.86. The highest BCUT2D eigenvalue weighted by atomic mass is 15.1. The fraction of sp³-hybridized carbons (Fsp3) is 0.423. The number of aryl methyl sites for hydroxylation is 1. The van der Waals surface area contributed by atoms with Gasteiger partial charge in [-0.2, -0.15) is 0 Å². The van der Waals surface area contributed by atoms with E-state index in [1.807, 2.05) is 0 Å². The predicted octanol–water partition coefficient (Wildman–Crippen LogP) is 5.36. The summed E-state index contributed by atoms with van der Waals surface area (Å²) in [6, 6.07) is 15.2. The Hall–Kier alpha value is -2.39. The van der Waals surface area contributed by atoms with Crippen LogP contribution in [0.1, 0.15) is 55.1 Å². The van der Waals surface area contributed by atoms with Gasteiger partial charge in [0.25, 0.3) is 0 Å². The number of allylic oxidation sites excluding steroid dienone is 1. The molecule has 0 aliphatic carbocycles. The Kier molecular flexibility index (Phi) is 8.51. The predicted molar refractivity (Wildman–Crippen MR) is 124 cm³/mol. The highest BCUT2D eigenvalue weighted by Gasteiger charge is 2.12. The zero-order valence-corrected chi connectivity index (χ0v) is 18.0. The maximum absolute atomic E-state index is 4.99. The number of nitrogens with one attached hydrogen (secondary N) is 1. The van der Waals surface area contributed by atoms with Gasteiger partial charge in [0, 0.05) is 30.8 Å². The molecule has 1 saturated heterocycles. The second-order valence-electron chi connectivity index (χ2n) is 7.92. The largest absolute Gasteiger partial charge is 0.391 e. The molecule has 29 heavy (non-hydrogen) atoms. The number of nitrogens with zero attached hydrogens (tertiary/aromatic N) is 2. The van der Waals surface area contributed by atoms with Crippen molar-refractivity contribution in [3.63, 3.8) is 0 Å². The van der Waals surface area contributed by atoms with Gasteiger partial charge >= 0.3 is 0 Å². The van der Waals surface area contributed by atoms with Crippen molar-refractivity contribution in [1.29, 1.82) is 0 Å². The average Bonchev–Trinajstić information content (AvgIpc) is 3.26. The summed E-state index contributed by atoms with van der Waals surface area (Å²) in [5.41, 5.74) is 5.95. The molecule has 1 aromatic carbocycles. The second-order valence-corrected chi connectivity index (χ2v) is 7.92. The first kappa shape index (κ1) is 21.3. The number of hydrogen-bond acceptors (Lipinski definition) is 3. The average molecular weight is 390 g/mol. The van der Waals surface area contributed by atoms with Crippen LogP contribution in [0.25, 0.3) is 5.57 Å². The summed E-state index contributed by atoms with van der Waals surface area (Å²) in [6.07, 6.45) is 12.5. The summed E-state index contributed by atoms with van der Waals surface area (Å²) in [7, 11) is 0. The summed E-state index contributed by atoms with van der Waals surface area (Å²) in [5, 5.41) is 3.35. The van der Waals surface area contributed by atoms with E-state index < -0.39 is 0 Å².